The second-order valence-corrected chi connectivity index (χ2v) is 5.20. The van der Waals surface area contributed by atoms with Crippen LogP contribution >= 0.6 is 11.6 Å². The second-order valence-electron chi connectivity index (χ2n) is 4.77. The highest BCUT2D eigenvalue weighted by molar-refractivity contribution is 6.30. The molecule has 0 saturated carbocycles. The predicted molar refractivity (Wildman–Crippen MR) is 71.9 cm³/mol. The zero-order chi connectivity index (χ0) is 13.6. The molecule has 2 N–H and O–H groups in total. The minimum Gasteiger partial charge on any atom is -0.479 e. The highest BCUT2D eigenvalue weighted by Gasteiger charge is 2.28. The number of carboxylic acids is 1. The van der Waals surface area contributed by atoms with Crippen LogP contribution in [0.4, 0.5) is 0 Å². The maximum absolute atomic E-state index is 10.7. The van der Waals surface area contributed by atoms with Gasteiger partial charge in [-0.15, -0.1) is 0 Å². The van der Waals surface area contributed by atoms with Crippen molar-refractivity contribution in [2.75, 3.05) is 0 Å². The van der Waals surface area contributed by atoms with Crippen LogP contribution in [0.5, 0.6) is 0 Å². The Hall–Kier alpha value is -1.06. The molecule has 0 spiro atoms. The summed E-state index contributed by atoms with van der Waals surface area (Å²) < 4.78 is 0. The van der Waals surface area contributed by atoms with E-state index in [1.807, 2.05) is 24.3 Å². The van der Waals surface area contributed by atoms with Crippen molar-refractivity contribution in [3.8, 4) is 0 Å². The summed E-state index contributed by atoms with van der Waals surface area (Å²) in [5.41, 5.74) is -0.371. The first-order valence-electron chi connectivity index (χ1n) is 6.12. The summed E-state index contributed by atoms with van der Waals surface area (Å²) in [6, 6.07) is 7.73. The third-order valence-electron chi connectivity index (χ3n) is 3.00. The fourth-order valence-electron chi connectivity index (χ4n) is 1.73. The van der Waals surface area contributed by atoms with Crippen molar-refractivity contribution in [2.24, 2.45) is 0 Å². The van der Waals surface area contributed by atoms with E-state index >= 15 is 0 Å². The van der Waals surface area contributed by atoms with Gasteiger partial charge in [-0.2, -0.15) is 0 Å². The normalized spacial score (nSPS) is 14.2. The van der Waals surface area contributed by atoms with Crippen LogP contribution in [0.15, 0.2) is 24.3 Å². The number of aliphatic hydroxyl groups is 1. The van der Waals surface area contributed by atoms with Crippen molar-refractivity contribution >= 4 is 17.6 Å². The van der Waals surface area contributed by atoms with Crippen molar-refractivity contribution < 1.29 is 15.0 Å². The molecule has 0 amide bonds. The smallest absolute Gasteiger partial charge is 0.335 e. The number of aliphatic carboxylic acids is 1. The maximum Gasteiger partial charge on any atom is 0.335 e. The number of halogens is 1. The van der Waals surface area contributed by atoms with E-state index in [9.17, 15) is 9.90 Å². The van der Waals surface area contributed by atoms with Gasteiger partial charge in [-0.25, -0.2) is 4.79 Å². The average Bonchev–Trinajstić information content (AvgIpc) is 2.31. The van der Waals surface area contributed by atoms with Gasteiger partial charge in [-0.3, -0.25) is 0 Å². The van der Waals surface area contributed by atoms with Crippen molar-refractivity contribution in [1.82, 2.24) is 0 Å². The van der Waals surface area contributed by atoms with E-state index in [1.54, 1.807) is 0 Å². The lowest BCUT2D eigenvalue weighted by Gasteiger charge is -2.17. The Bertz CT molecular complexity index is 385. The molecule has 1 rings (SSSR count). The van der Waals surface area contributed by atoms with Gasteiger partial charge in [0.25, 0.3) is 0 Å². The number of benzene rings is 1. The van der Waals surface area contributed by atoms with Gasteiger partial charge in [0.05, 0.1) is 0 Å². The molecule has 0 aliphatic carbocycles. The van der Waals surface area contributed by atoms with E-state index < -0.39 is 11.6 Å². The molecule has 4 heteroatoms. The van der Waals surface area contributed by atoms with Crippen molar-refractivity contribution in [1.29, 1.82) is 0 Å². The molecule has 1 aromatic rings. The Morgan fingerprint density at radius 1 is 1.22 bits per heavy atom. The van der Waals surface area contributed by atoms with Gasteiger partial charge in [0.1, 0.15) is 0 Å². The average molecular weight is 271 g/mol. The Morgan fingerprint density at radius 3 is 2.39 bits per heavy atom. The van der Waals surface area contributed by atoms with Crippen LogP contribution in [-0.4, -0.2) is 21.8 Å². The molecule has 1 aromatic carbocycles. The lowest BCUT2D eigenvalue weighted by atomic mass is 9.97. The van der Waals surface area contributed by atoms with Gasteiger partial charge in [0.15, 0.2) is 5.60 Å². The minimum absolute atomic E-state index is 0.295. The van der Waals surface area contributed by atoms with Gasteiger partial charge in [0.2, 0.25) is 0 Å². The molecule has 100 valence electrons. The van der Waals surface area contributed by atoms with E-state index in [1.165, 1.54) is 12.5 Å². The van der Waals surface area contributed by atoms with Crippen molar-refractivity contribution in [3.05, 3.63) is 34.9 Å². The number of unbranched alkanes of at least 4 members (excludes halogenated alkanes) is 2. The number of rotatable bonds is 7. The zero-order valence-electron chi connectivity index (χ0n) is 10.5. The summed E-state index contributed by atoms with van der Waals surface area (Å²) in [7, 11) is 0. The molecule has 0 aliphatic heterocycles. The summed E-state index contributed by atoms with van der Waals surface area (Å²) in [6.07, 6.45) is 3.85. The minimum atomic E-state index is -1.60. The fraction of sp³-hybridized carbons (Fsp3) is 0.500. The summed E-state index contributed by atoms with van der Waals surface area (Å²) in [6.45, 7) is 1.34. The lowest BCUT2D eigenvalue weighted by molar-refractivity contribution is -0.157. The Morgan fingerprint density at radius 2 is 1.83 bits per heavy atom. The van der Waals surface area contributed by atoms with Gasteiger partial charge >= 0.3 is 5.97 Å². The van der Waals surface area contributed by atoms with Gasteiger partial charge in [0, 0.05) is 5.02 Å². The number of carbonyl (C=O) groups is 1. The molecule has 1 unspecified atom stereocenters. The van der Waals surface area contributed by atoms with Crippen molar-refractivity contribution in [2.45, 2.75) is 44.6 Å². The zero-order valence-corrected chi connectivity index (χ0v) is 11.3. The Kier molecular flexibility index (Phi) is 5.63. The standard InChI is InChI=1S/C14H19ClO3/c1-14(18,13(16)17)10-4-2-3-5-11-6-8-12(15)9-7-11/h6-9,18H,2-5,10H2,1H3,(H,16,17). The summed E-state index contributed by atoms with van der Waals surface area (Å²) >= 11 is 5.79. The number of hydrogen-bond acceptors (Lipinski definition) is 2. The molecule has 1 atom stereocenters. The molecule has 0 aromatic heterocycles. The van der Waals surface area contributed by atoms with Crippen LogP contribution in [0.1, 0.15) is 38.2 Å². The number of aryl methyl sites for hydroxylation is 1. The predicted octanol–water partition coefficient (Wildman–Crippen LogP) is 3.28. The lowest BCUT2D eigenvalue weighted by Crippen LogP contribution is -2.34. The molecular weight excluding hydrogens is 252 g/mol. The SMILES string of the molecule is CC(O)(CCCCCc1ccc(Cl)cc1)C(=O)O. The van der Waals surface area contributed by atoms with E-state index in [0.717, 1.165) is 24.3 Å². The molecule has 0 aliphatic rings. The largest absolute Gasteiger partial charge is 0.479 e. The van der Waals surface area contributed by atoms with Gasteiger partial charge in [-0.05, 0) is 50.3 Å². The molecule has 0 bridgehead atoms. The third kappa shape index (κ3) is 5.07. The van der Waals surface area contributed by atoms with E-state index in [2.05, 4.69) is 0 Å². The van der Waals surface area contributed by atoms with Crippen LogP contribution < -0.4 is 0 Å². The highest BCUT2D eigenvalue weighted by atomic mass is 35.5. The monoisotopic (exact) mass is 270 g/mol. The van der Waals surface area contributed by atoms with Crippen LogP contribution in [0.3, 0.4) is 0 Å². The van der Waals surface area contributed by atoms with E-state index in [4.69, 9.17) is 16.7 Å². The van der Waals surface area contributed by atoms with E-state index in [0.29, 0.717) is 12.8 Å². The third-order valence-corrected chi connectivity index (χ3v) is 3.26. The highest BCUT2D eigenvalue weighted by Crippen LogP contribution is 2.16. The Balaban J connectivity index is 2.20. The van der Waals surface area contributed by atoms with Crippen LogP contribution in [0.2, 0.25) is 5.02 Å². The van der Waals surface area contributed by atoms with Gasteiger partial charge < -0.3 is 10.2 Å². The second kappa shape index (κ2) is 6.76. The first-order valence-corrected chi connectivity index (χ1v) is 6.50. The molecule has 0 heterocycles. The Labute approximate surface area is 112 Å². The quantitative estimate of drug-likeness (QED) is 0.748. The molecule has 0 saturated heterocycles. The molecule has 0 fully saturated rings. The molecule has 0 radical (unpaired) electrons. The fourth-order valence-corrected chi connectivity index (χ4v) is 1.86. The summed E-state index contributed by atoms with van der Waals surface area (Å²) in [4.78, 5) is 10.7. The topological polar surface area (TPSA) is 57.5 Å². The van der Waals surface area contributed by atoms with E-state index in [-0.39, 0.29) is 0 Å². The van der Waals surface area contributed by atoms with Crippen LogP contribution in [0, 0.1) is 0 Å². The summed E-state index contributed by atoms with van der Waals surface area (Å²) in [5.74, 6) is -1.15. The molecule has 18 heavy (non-hydrogen) atoms. The van der Waals surface area contributed by atoms with Gasteiger partial charge in [-0.1, -0.05) is 30.2 Å². The molecular formula is C14H19ClO3. The van der Waals surface area contributed by atoms with Crippen LogP contribution in [0.25, 0.3) is 0 Å². The number of hydrogen-bond donors (Lipinski definition) is 2. The first-order chi connectivity index (χ1) is 8.42. The van der Waals surface area contributed by atoms with Crippen LogP contribution in [-0.2, 0) is 11.2 Å². The first kappa shape index (κ1) is 15.0. The number of carboxylic acid groups (broad SMARTS) is 1. The maximum atomic E-state index is 10.7. The summed E-state index contributed by atoms with van der Waals surface area (Å²) in [5, 5.41) is 19.0. The molecule has 3 nitrogen and oxygen atoms in total. The van der Waals surface area contributed by atoms with Crippen molar-refractivity contribution in [3.63, 3.8) is 0 Å².